The number of anilines is 1. The van der Waals surface area contributed by atoms with Crippen molar-refractivity contribution in [2.24, 2.45) is 0 Å². The van der Waals surface area contributed by atoms with Crippen molar-refractivity contribution in [2.75, 3.05) is 11.9 Å². The van der Waals surface area contributed by atoms with Gasteiger partial charge in [0.2, 0.25) is 0 Å². The summed E-state index contributed by atoms with van der Waals surface area (Å²) in [5, 5.41) is 16.5. The highest BCUT2D eigenvalue weighted by Gasteiger charge is 2.09. The van der Waals surface area contributed by atoms with E-state index in [1.54, 1.807) is 31.2 Å². The number of amides is 2. The van der Waals surface area contributed by atoms with Crippen molar-refractivity contribution in [1.29, 1.82) is 0 Å². The maximum atomic E-state index is 12.1. The summed E-state index contributed by atoms with van der Waals surface area (Å²) in [5.41, 5.74) is 0.775. The van der Waals surface area contributed by atoms with Gasteiger partial charge in [-0.3, -0.25) is 0 Å². The summed E-state index contributed by atoms with van der Waals surface area (Å²) in [6.07, 6.45) is 3.04. The average Bonchev–Trinajstić information content (AvgIpc) is 2.60. The standard InChI is InChI=1S/C19H22N2O4/c1-3-4-11-25-18(23)13(2)12-20-19(24)21-15-9-5-7-14-8-6-10-16(22)17(14)15/h5-10,12,22H,3-4,11H2,1-2H3,(H2,20,21,24). The van der Waals surface area contributed by atoms with Gasteiger partial charge in [-0.1, -0.05) is 37.6 Å². The third-order valence-electron chi connectivity index (χ3n) is 3.60. The lowest BCUT2D eigenvalue weighted by Gasteiger charge is -2.10. The molecule has 132 valence electrons. The topological polar surface area (TPSA) is 87.7 Å². The molecule has 0 atom stereocenters. The summed E-state index contributed by atoms with van der Waals surface area (Å²) in [5.74, 6) is -0.379. The molecule has 0 aromatic heterocycles. The number of esters is 1. The van der Waals surface area contributed by atoms with Gasteiger partial charge in [0.05, 0.1) is 17.9 Å². The summed E-state index contributed by atoms with van der Waals surface area (Å²) in [7, 11) is 0. The van der Waals surface area contributed by atoms with Gasteiger partial charge in [-0.05, 0) is 30.9 Å². The molecule has 2 rings (SSSR count). The normalized spacial score (nSPS) is 11.2. The fourth-order valence-corrected chi connectivity index (χ4v) is 2.24. The summed E-state index contributed by atoms with van der Waals surface area (Å²) in [6.45, 7) is 3.94. The highest BCUT2D eigenvalue weighted by atomic mass is 16.5. The number of hydrogen-bond donors (Lipinski definition) is 3. The summed E-state index contributed by atoms with van der Waals surface area (Å²) in [6, 6.07) is 9.93. The fraction of sp³-hybridized carbons (Fsp3) is 0.263. The lowest BCUT2D eigenvalue weighted by Crippen LogP contribution is -2.25. The monoisotopic (exact) mass is 342 g/mol. The van der Waals surface area contributed by atoms with Gasteiger partial charge in [0.15, 0.2) is 0 Å². The van der Waals surface area contributed by atoms with Gasteiger partial charge in [-0.25, -0.2) is 9.59 Å². The second-order valence-corrected chi connectivity index (χ2v) is 5.60. The predicted molar refractivity (Wildman–Crippen MR) is 97.4 cm³/mol. The van der Waals surface area contributed by atoms with E-state index in [9.17, 15) is 14.7 Å². The lowest BCUT2D eigenvalue weighted by molar-refractivity contribution is -0.139. The van der Waals surface area contributed by atoms with E-state index < -0.39 is 12.0 Å². The van der Waals surface area contributed by atoms with Crippen molar-refractivity contribution >= 4 is 28.5 Å². The molecule has 0 aliphatic carbocycles. The molecule has 0 aliphatic rings. The molecule has 0 aliphatic heterocycles. The predicted octanol–water partition coefficient (Wildman–Crippen LogP) is 3.91. The molecule has 0 spiro atoms. The van der Waals surface area contributed by atoms with Crippen LogP contribution in [0.3, 0.4) is 0 Å². The third-order valence-corrected chi connectivity index (χ3v) is 3.60. The van der Waals surface area contributed by atoms with Crippen LogP contribution < -0.4 is 10.6 Å². The number of urea groups is 1. The quantitative estimate of drug-likeness (QED) is 0.422. The zero-order valence-electron chi connectivity index (χ0n) is 14.3. The number of aromatic hydroxyl groups is 1. The number of nitrogens with one attached hydrogen (secondary N) is 2. The maximum Gasteiger partial charge on any atom is 0.335 e. The Hall–Kier alpha value is -3.02. The average molecular weight is 342 g/mol. The van der Waals surface area contributed by atoms with Crippen LogP contribution in [0.5, 0.6) is 5.75 Å². The van der Waals surface area contributed by atoms with Crippen molar-refractivity contribution in [3.05, 3.63) is 48.2 Å². The Kier molecular flexibility index (Phi) is 6.39. The molecule has 2 aromatic carbocycles. The summed E-state index contributed by atoms with van der Waals surface area (Å²) < 4.78 is 5.06. The second kappa shape index (κ2) is 8.73. The van der Waals surface area contributed by atoms with E-state index in [2.05, 4.69) is 10.6 Å². The third kappa shape index (κ3) is 4.97. The van der Waals surface area contributed by atoms with Gasteiger partial charge in [0.25, 0.3) is 0 Å². The first kappa shape index (κ1) is 18.3. The Morgan fingerprint density at radius 1 is 1.20 bits per heavy atom. The van der Waals surface area contributed by atoms with Crippen LogP contribution in [-0.2, 0) is 9.53 Å². The van der Waals surface area contributed by atoms with Gasteiger partial charge in [-0.2, -0.15) is 0 Å². The van der Waals surface area contributed by atoms with Crippen LogP contribution in [0.25, 0.3) is 10.8 Å². The van der Waals surface area contributed by atoms with Crippen LogP contribution in [0.1, 0.15) is 26.7 Å². The Balaban J connectivity index is 2.01. The number of fused-ring (bicyclic) bond motifs is 1. The number of phenols is 1. The number of carbonyl (C=O) groups is 2. The van der Waals surface area contributed by atoms with Crippen molar-refractivity contribution in [3.8, 4) is 5.75 Å². The van der Waals surface area contributed by atoms with Crippen LogP contribution in [0, 0.1) is 0 Å². The molecule has 2 aromatic rings. The van der Waals surface area contributed by atoms with Crippen LogP contribution in [-0.4, -0.2) is 23.7 Å². The van der Waals surface area contributed by atoms with Crippen molar-refractivity contribution < 1.29 is 19.4 Å². The highest BCUT2D eigenvalue weighted by Crippen LogP contribution is 2.31. The molecule has 0 saturated heterocycles. The molecule has 0 unspecified atom stereocenters. The molecule has 0 saturated carbocycles. The van der Waals surface area contributed by atoms with Crippen molar-refractivity contribution in [3.63, 3.8) is 0 Å². The lowest BCUT2D eigenvalue weighted by atomic mass is 10.1. The van der Waals surface area contributed by atoms with Gasteiger partial charge < -0.3 is 20.5 Å². The zero-order valence-corrected chi connectivity index (χ0v) is 14.3. The van der Waals surface area contributed by atoms with Crippen LogP contribution in [0.2, 0.25) is 0 Å². The summed E-state index contributed by atoms with van der Waals surface area (Å²) in [4.78, 5) is 23.8. The number of carbonyl (C=O) groups excluding carboxylic acids is 2. The van der Waals surface area contributed by atoms with Crippen LogP contribution in [0.15, 0.2) is 48.2 Å². The van der Waals surface area contributed by atoms with E-state index in [1.807, 2.05) is 19.1 Å². The number of ether oxygens (including phenoxy) is 1. The van der Waals surface area contributed by atoms with E-state index in [0.717, 1.165) is 18.2 Å². The van der Waals surface area contributed by atoms with E-state index in [4.69, 9.17) is 4.74 Å². The molecular weight excluding hydrogens is 320 g/mol. The van der Waals surface area contributed by atoms with Crippen molar-refractivity contribution in [1.82, 2.24) is 5.32 Å². The molecule has 0 fully saturated rings. The molecule has 0 radical (unpaired) electrons. The maximum absolute atomic E-state index is 12.1. The second-order valence-electron chi connectivity index (χ2n) is 5.60. The fourth-order valence-electron chi connectivity index (χ4n) is 2.24. The molecule has 6 heteroatoms. The van der Waals surface area contributed by atoms with Gasteiger partial charge in [-0.15, -0.1) is 0 Å². The zero-order chi connectivity index (χ0) is 18.2. The number of phenolic OH excluding ortho intramolecular Hbond substituents is 1. The molecule has 0 heterocycles. The van der Waals surface area contributed by atoms with E-state index in [-0.39, 0.29) is 5.75 Å². The van der Waals surface area contributed by atoms with E-state index >= 15 is 0 Å². The first-order valence-corrected chi connectivity index (χ1v) is 8.15. The molecule has 0 bridgehead atoms. The van der Waals surface area contributed by atoms with Gasteiger partial charge in [0, 0.05) is 11.6 Å². The highest BCUT2D eigenvalue weighted by molar-refractivity contribution is 6.04. The molecule has 6 nitrogen and oxygen atoms in total. The van der Waals surface area contributed by atoms with E-state index in [1.165, 1.54) is 6.20 Å². The number of unbranched alkanes of at least 4 members (excludes halogenated alkanes) is 1. The molecule has 3 N–H and O–H groups in total. The minimum Gasteiger partial charge on any atom is -0.507 e. The SMILES string of the molecule is CCCCOC(=O)C(C)=CNC(=O)Nc1cccc2cccc(O)c12. The Morgan fingerprint density at radius 2 is 1.92 bits per heavy atom. The molecule has 25 heavy (non-hydrogen) atoms. The number of hydrogen-bond acceptors (Lipinski definition) is 4. The van der Waals surface area contributed by atoms with E-state index in [0.29, 0.717) is 23.3 Å². The Morgan fingerprint density at radius 3 is 2.64 bits per heavy atom. The Labute approximate surface area is 146 Å². The van der Waals surface area contributed by atoms with Crippen LogP contribution in [0.4, 0.5) is 10.5 Å². The van der Waals surface area contributed by atoms with Crippen molar-refractivity contribution in [2.45, 2.75) is 26.7 Å². The summed E-state index contributed by atoms with van der Waals surface area (Å²) >= 11 is 0. The van der Waals surface area contributed by atoms with Gasteiger partial charge in [0.1, 0.15) is 5.75 Å². The first-order valence-electron chi connectivity index (χ1n) is 8.15. The smallest absolute Gasteiger partial charge is 0.335 e. The van der Waals surface area contributed by atoms with Gasteiger partial charge >= 0.3 is 12.0 Å². The minimum absolute atomic E-state index is 0.0830. The van der Waals surface area contributed by atoms with Crippen LogP contribution >= 0.6 is 0 Å². The largest absolute Gasteiger partial charge is 0.507 e. The number of rotatable bonds is 6. The first-order chi connectivity index (χ1) is 12.0. The Bertz CT molecular complexity index is 794. The minimum atomic E-state index is -0.517. The number of benzene rings is 2. The molecular formula is C19H22N2O4. The molecule has 2 amide bonds.